The maximum Gasteiger partial charge on any atom is 0.253 e. The van der Waals surface area contributed by atoms with Crippen LogP contribution in [0.3, 0.4) is 0 Å². The topological polar surface area (TPSA) is 54.3 Å². The lowest BCUT2D eigenvalue weighted by Gasteiger charge is -2.35. The standard InChI is InChI=1S/C24H23N5O/c1-27-10-2-3-22(27)20-6-4-19-16-21(7-5-18(19)15-20)24(30)29-13-11-28(12-14-29)23-17-25-8-9-26-23/h2-10,15-17H,11-14H2,1H3. The third-order valence-corrected chi connectivity index (χ3v) is 5.77. The fourth-order valence-electron chi connectivity index (χ4n) is 4.07. The van der Waals surface area contributed by atoms with Crippen LogP contribution in [-0.4, -0.2) is 51.5 Å². The lowest BCUT2D eigenvalue weighted by Crippen LogP contribution is -2.49. The molecule has 1 aliphatic heterocycles. The van der Waals surface area contributed by atoms with Gasteiger partial charge in [0.1, 0.15) is 5.82 Å². The van der Waals surface area contributed by atoms with Crippen molar-refractivity contribution in [2.75, 3.05) is 31.1 Å². The van der Waals surface area contributed by atoms with Gasteiger partial charge >= 0.3 is 0 Å². The first-order valence-corrected chi connectivity index (χ1v) is 10.1. The van der Waals surface area contributed by atoms with Crippen LogP contribution in [0.25, 0.3) is 22.0 Å². The molecule has 1 saturated heterocycles. The molecule has 0 saturated carbocycles. The third kappa shape index (κ3) is 3.41. The van der Waals surface area contributed by atoms with Gasteiger partial charge in [0, 0.05) is 63.1 Å². The quantitative estimate of drug-likeness (QED) is 0.530. The summed E-state index contributed by atoms with van der Waals surface area (Å²) in [4.78, 5) is 25.6. The summed E-state index contributed by atoms with van der Waals surface area (Å²) in [7, 11) is 2.05. The van der Waals surface area contributed by atoms with Gasteiger partial charge in [0.05, 0.1) is 6.20 Å². The Hall–Kier alpha value is -3.67. The Kier molecular flexibility index (Phi) is 4.67. The van der Waals surface area contributed by atoms with Crippen molar-refractivity contribution in [1.82, 2.24) is 19.4 Å². The van der Waals surface area contributed by atoms with Crippen LogP contribution in [0.2, 0.25) is 0 Å². The molecule has 2 aromatic heterocycles. The second kappa shape index (κ2) is 7.63. The maximum absolute atomic E-state index is 13.1. The molecule has 0 radical (unpaired) electrons. The van der Waals surface area contributed by atoms with Crippen LogP contribution in [0.4, 0.5) is 5.82 Å². The fraction of sp³-hybridized carbons (Fsp3) is 0.208. The minimum atomic E-state index is 0.0854. The Morgan fingerprint density at radius 2 is 1.73 bits per heavy atom. The zero-order chi connectivity index (χ0) is 20.5. The number of hydrogen-bond acceptors (Lipinski definition) is 4. The summed E-state index contributed by atoms with van der Waals surface area (Å²) in [6.07, 6.45) is 7.19. The van der Waals surface area contributed by atoms with Gasteiger partial charge in [-0.3, -0.25) is 9.78 Å². The van der Waals surface area contributed by atoms with E-state index < -0.39 is 0 Å². The summed E-state index contributed by atoms with van der Waals surface area (Å²) in [5, 5.41) is 2.22. The molecule has 30 heavy (non-hydrogen) atoms. The average Bonchev–Trinajstić information content (AvgIpc) is 3.24. The van der Waals surface area contributed by atoms with Gasteiger partial charge < -0.3 is 14.4 Å². The summed E-state index contributed by atoms with van der Waals surface area (Å²) in [6, 6.07) is 16.5. The number of fused-ring (bicyclic) bond motifs is 1. The molecule has 1 fully saturated rings. The van der Waals surface area contributed by atoms with Crippen LogP contribution >= 0.6 is 0 Å². The van der Waals surface area contributed by atoms with E-state index in [9.17, 15) is 4.79 Å². The van der Waals surface area contributed by atoms with Gasteiger partial charge in [-0.2, -0.15) is 0 Å². The van der Waals surface area contributed by atoms with Gasteiger partial charge in [-0.15, -0.1) is 0 Å². The van der Waals surface area contributed by atoms with Gasteiger partial charge in [-0.25, -0.2) is 4.98 Å². The average molecular weight is 397 g/mol. The molecule has 0 aliphatic carbocycles. The highest BCUT2D eigenvalue weighted by atomic mass is 16.2. The number of carbonyl (C=O) groups excluding carboxylic acids is 1. The van der Waals surface area contributed by atoms with Gasteiger partial charge in [0.2, 0.25) is 0 Å². The molecule has 6 nitrogen and oxygen atoms in total. The van der Waals surface area contributed by atoms with Crippen LogP contribution < -0.4 is 4.90 Å². The summed E-state index contributed by atoms with van der Waals surface area (Å²) in [5.41, 5.74) is 3.09. The smallest absolute Gasteiger partial charge is 0.253 e. The van der Waals surface area contributed by atoms with E-state index in [-0.39, 0.29) is 5.91 Å². The number of hydrogen-bond donors (Lipinski definition) is 0. The Morgan fingerprint density at radius 1 is 0.933 bits per heavy atom. The molecule has 2 aromatic carbocycles. The molecule has 4 aromatic rings. The maximum atomic E-state index is 13.1. The zero-order valence-corrected chi connectivity index (χ0v) is 16.9. The van der Waals surface area contributed by atoms with Gasteiger partial charge in [0.15, 0.2) is 0 Å². The third-order valence-electron chi connectivity index (χ3n) is 5.77. The Balaban J connectivity index is 1.32. The summed E-state index contributed by atoms with van der Waals surface area (Å²) < 4.78 is 2.11. The van der Waals surface area contributed by atoms with Gasteiger partial charge in [-0.1, -0.05) is 18.2 Å². The van der Waals surface area contributed by atoms with Crippen molar-refractivity contribution >= 4 is 22.5 Å². The normalized spacial score (nSPS) is 14.3. The van der Waals surface area contributed by atoms with Crippen LogP contribution in [0.15, 0.2) is 73.3 Å². The SMILES string of the molecule is Cn1cccc1-c1ccc2cc(C(=O)N3CCN(c4cnccn4)CC3)ccc2c1. The highest BCUT2D eigenvalue weighted by Gasteiger charge is 2.23. The molecule has 0 spiro atoms. The van der Waals surface area contributed by atoms with Crippen molar-refractivity contribution in [3.05, 3.63) is 78.9 Å². The molecule has 3 heterocycles. The number of piperazine rings is 1. The fourth-order valence-corrected chi connectivity index (χ4v) is 4.07. The van der Waals surface area contributed by atoms with Crippen molar-refractivity contribution in [3.63, 3.8) is 0 Å². The number of anilines is 1. The van der Waals surface area contributed by atoms with Crippen molar-refractivity contribution in [2.24, 2.45) is 7.05 Å². The van der Waals surface area contributed by atoms with E-state index >= 15 is 0 Å². The number of aryl methyl sites for hydroxylation is 1. The number of carbonyl (C=O) groups is 1. The van der Waals surface area contributed by atoms with E-state index in [0.717, 1.165) is 35.2 Å². The minimum Gasteiger partial charge on any atom is -0.352 e. The minimum absolute atomic E-state index is 0.0854. The van der Waals surface area contributed by atoms with Crippen LogP contribution in [0, 0.1) is 0 Å². The van der Waals surface area contributed by atoms with Crippen LogP contribution in [0.5, 0.6) is 0 Å². The first-order chi connectivity index (χ1) is 14.7. The predicted molar refractivity (Wildman–Crippen MR) is 119 cm³/mol. The Labute approximate surface area is 175 Å². The van der Waals surface area contributed by atoms with E-state index in [0.29, 0.717) is 13.1 Å². The van der Waals surface area contributed by atoms with Crippen molar-refractivity contribution < 1.29 is 4.79 Å². The summed E-state index contributed by atoms with van der Waals surface area (Å²) in [5.74, 6) is 0.950. The zero-order valence-electron chi connectivity index (χ0n) is 16.9. The van der Waals surface area contributed by atoms with E-state index in [1.807, 2.05) is 42.4 Å². The number of aromatic nitrogens is 3. The highest BCUT2D eigenvalue weighted by Crippen LogP contribution is 2.26. The van der Waals surface area contributed by atoms with Gasteiger partial charge in [0.25, 0.3) is 5.91 Å². The largest absolute Gasteiger partial charge is 0.352 e. The first kappa shape index (κ1) is 18.4. The van der Waals surface area contributed by atoms with E-state index in [2.05, 4.69) is 43.7 Å². The Bertz CT molecular complexity index is 1190. The number of benzene rings is 2. The number of amides is 1. The summed E-state index contributed by atoms with van der Waals surface area (Å²) >= 11 is 0. The monoisotopic (exact) mass is 397 g/mol. The van der Waals surface area contributed by atoms with Gasteiger partial charge in [-0.05, 0) is 46.7 Å². The second-order valence-corrected chi connectivity index (χ2v) is 7.62. The molecule has 0 bridgehead atoms. The molecule has 5 rings (SSSR count). The lowest BCUT2D eigenvalue weighted by molar-refractivity contribution is 0.0746. The van der Waals surface area contributed by atoms with Crippen LogP contribution in [-0.2, 0) is 7.05 Å². The van der Waals surface area contributed by atoms with Crippen molar-refractivity contribution in [2.45, 2.75) is 0 Å². The second-order valence-electron chi connectivity index (χ2n) is 7.62. The molecule has 0 unspecified atom stereocenters. The summed E-state index contributed by atoms with van der Waals surface area (Å²) in [6.45, 7) is 2.88. The van der Waals surface area contributed by atoms with E-state index in [4.69, 9.17) is 0 Å². The predicted octanol–water partition coefficient (Wildman–Crippen LogP) is 3.60. The highest BCUT2D eigenvalue weighted by molar-refractivity contribution is 5.99. The molecule has 1 aliphatic rings. The van der Waals surface area contributed by atoms with E-state index in [1.165, 1.54) is 11.3 Å². The molecule has 1 amide bonds. The number of rotatable bonds is 3. The molecule has 150 valence electrons. The molecule has 0 N–H and O–H groups in total. The molecule has 6 heteroatoms. The van der Waals surface area contributed by atoms with E-state index in [1.54, 1.807) is 18.6 Å². The van der Waals surface area contributed by atoms with Crippen LogP contribution in [0.1, 0.15) is 10.4 Å². The molecular weight excluding hydrogens is 374 g/mol. The van der Waals surface area contributed by atoms with Crippen molar-refractivity contribution in [1.29, 1.82) is 0 Å². The Morgan fingerprint density at radius 3 is 2.47 bits per heavy atom. The number of nitrogens with zero attached hydrogens (tertiary/aromatic N) is 5. The lowest BCUT2D eigenvalue weighted by atomic mass is 10.0. The molecule has 0 atom stereocenters. The first-order valence-electron chi connectivity index (χ1n) is 10.1. The molecular formula is C24H23N5O. The van der Waals surface area contributed by atoms with Crippen molar-refractivity contribution in [3.8, 4) is 11.3 Å².